The largest absolute Gasteiger partial charge is 0.483 e. The lowest BCUT2D eigenvalue weighted by Gasteiger charge is -2.11. The number of primary amides is 1. The first-order valence-corrected chi connectivity index (χ1v) is 8.68. The quantitative estimate of drug-likeness (QED) is 0.474. The Morgan fingerprint density at radius 3 is 3.04 bits per heavy atom. The molecule has 10 heteroatoms. The van der Waals surface area contributed by atoms with Crippen LogP contribution < -0.4 is 15.8 Å². The van der Waals surface area contributed by atoms with Crippen molar-refractivity contribution in [2.45, 2.75) is 18.1 Å². The third-order valence-corrected chi connectivity index (χ3v) is 4.35. The summed E-state index contributed by atoms with van der Waals surface area (Å²) < 4.78 is 7.04. The second-order valence-electron chi connectivity index (χ2n) is 4.97. The first kappa shape index (κ1) is 18.5. The summed E-state index contributed by atoms with van der Waals surface area (Å²) in [6.07, 6.45) is 0.954. The fourth-order valence-electron chi connectivity index (χ4n) is 1.90. The number of thioether (sulfide) groups is 1. The van der Waals surface area contributed by atoms with Crippen molar-refractivity contribution in [2.75, 3.05) is 18.9 Å². The average Bonchev–Trinajstić information content (AvgIpc) is 2.95. The smallest absolute Gasteiger partial charge is 0.255 e. The summed E-state index contributed by atoms with van der Waals surface area (Å²) in [6.45, 7) is 1.25. The van der Waals surface area contributed by atoms with Gasteiger partial charge in [-0.15, -0.1) is 5.10 Å². The molecular formula is C14H19ClN6O2S. The first-order valence-electron chi connectivity index (χ1n) is 7.31. The SMILES string of the molecule is Cn1nnnc1SCCCNCc1cc(Cl)ccc1OCC(N)=O. The Balaban J connectivity index is 1.74. The molecule has 0 saturated carbocycles. The van der Waals surface area contributed by atoms with Crippen LogP contribution in [0.2, 0.25) is 5.02 Å². The lowest BCUT2D eigenvalue weighted by Crippen LogP contribution is -2.21. The van der Waals surface area contributed by atoms with Crippen LogP contribution in [0, 0.1) is 0 Å². The molecule has 1 aromatic carbocycles. The van der Waals surface area contributed by atoms with E-state index in [1.54, 1.807) is 28.6 Å². The fourth-order valence-corrected chi connectivity index (χ4v) is 2.89. The maximum atomic E-state index is 10.8. The maximum Gasteiger partial charge on any atom is 0.255 e. The number of hydrogen-bond donors (Lipinski definition) is 2. The minimum Gasteiger partial charge on any atom is -0.483 e. The molecule has 2 rings (SSSR count). The molecule has 24 heavy (non-hydrogen) atoms. The van der Waals surface area contributed by atoms with E-state index in [1.165, 1.54) is 0 Å². The van der Waals surface area contributed by atoms with Gasteiger partial charge in [0.25, 0.3) is 5.91 Å². The number of ether oxygens (including phenoxy) is 1. The van der Waals surface area contributed by atoms with Crippen LogP contribution in [0.25, 0.3) is 0 Å². The molecule has 1 aromatic heterocycles. The number of amides is 1. The molecule has 0 saturated heterocycles. The maximum absolute atomic E-state index is 10.8. The average molecular weight is 371 g/mol. The minimum atomic E-state index is -0.515. The highest BCUT2D eigenvalue weighted by molar-refractivity contribution is 7.99. The number of aryl methyl sites for hydroxylation is 1. The van der Waals surface area contributed by atoms with Gasteiger partial charge in [0, 0.05) is 29.9 Å². The van der Waals surface area contributed by atoms with Gasteiger partial charge < -0.3 is 15.8 Å². The molecule has 0 aliphatic rings. The molecule has 3 N–H and O–H groups in total. The highest BCUT2D eigenvalue weighted by atomic mass is 35.5. The van der Waals surface area contributed by atoms with E-state index >= 15 is 0 Å². The summed E-state index contributed by atoms with van der Waals surface area (Å²) >= 11 is 7.62. The molecule has 0 atom stereocenters. The standard InChI is InChI=1S/C14H19ClN6O2S/c1-21-14(18-19-20-21)24-6-2-5-17-8-10-7-11(15)3-4-12(10)23-9-13(16)22/h3-4,7,17H,2,5-6,8-9H2,1H3,(H2,16,22). The Kier molecular flexibility index (Phi) is 7.29. The number of tetrazole rings is 1. The second-order valence-corrected chi connectivity index (χ2v) is 6.47. The zero-order chi connectivity index (χ0) is 17.4. The van der Waals surface area contributed by atoms with Crippen LogP contribution in [-0.4, -0.2) is 45.0 Å². The number of nitrogens with one attached hydrogen (secondary N) is 1. The van der Waals surface area contributed by atoms with Crippen LogP contribution in [0.4, 0.5) is 0 Å². The molecular weight excluding hydrogens is 352 g/mol. The number of hydrogen-bond acceptors (Lipinski definition) is 7. The van der Waals surface area contributed by atoms with Gasteiger partial charge in [0.05, 0.1) is 0 Å². The number of aromatic nitrogens is 4. The summed E-state index contributed by atoms with van der Waals surface area (Å²) in [6, 6.07) is 5.26. The van der Waals surface area contributed by atoms with Gasteiger partial charge in [0.1, 0.15) is 5.75 Å². The van der Waals surface area contributed by atoms with E-state index in [2.05, 4.69) is 20.8 Å². The van der Waals surface area contributed by atoms with E-state index in [9.17, 15) is 4.79 Å². The van der Waals surface area contributed by atoms with Crippen molar-refractivity contribution in [3.8, 4) is 5.75 Å². The van der Waals surface area contributed by atoms with Gasteiger partial charge in [-0.25, -0.2) is 4.68 Å². The summed E-state index contributed by atoms with van der Waals surface area (Å²) in [7, 11) is 1.81. The summed E-state index contributed by atoms with van der Waals surface area (Å²) in [5, 5.41) is 16.0. The van der Waals surface area contributed by atoms with Crippen LogP contribution in [0.3, 0.4) is 0 Å². The molecule has 2 aromatic rings. The Morgan fingerprint density at radius 1 is 1.50 bits per heavy atom. The second kappa shape index (κ2) is 9.45. The number of carbonyl (C=O) groups is 1. The Morgan fingerprint density at radius 2 is 2.33 bits per heavy atom. The van der Waals surface area contributed by atoms with Crippen LogP contribution in [-0.2, 0) is 18.4 Å². The number of halogens is 1. The number of carbonyl (C=O) groups excluding carboxylic acids is 1. The van der Waals surface area contributed by atoms with Crippen LogP contribution in [0.1, 0.15) is 12.0 Å². The molecule has 0 aliphatic carbocycles. The highest BCUT2D eigenvalue weighted by Crippen LogP contribution is 2.23. The van der Waals surface area contributed by atoms with Crippen molar-refractivity contribution in [1.29, 1.82) is 0 Å². The van der Waals surface area contributed by atoms with Crippen molar-refractivity contribution >= 4 is 29.3 Å². The van der Waals surface area contributed by atoms with E-state index in [1.807, 2.05) is 13.1 Å². The molecule has 0 fully saturated rings. The number of benzene rings is 1. The zero-order valence-corrected chi connectivity index (χ0v) is 14.8. The van der Waals surface area contributed by atoms with E-state index in [4.69, 9.17) is 22.1 Å². The van der Waals surface area contributed by atoms with Gasteiger partial charge in [-0.05, 0) is 41.6 Å². The van der Waals surface area contributed by atoms with Gasteiger partial charge in [0.2, 0.25) is 5.16 Å². The van der Waals surface area contributed by atoms with Crippen LogP contribution in [0.5, 0.6) is 5.75 Å². The molecule has 130 valence electrons. The van der Waals surface area contributed by atoms with Crippen molar-refractivity contribution in [1.82, 2.24) is 25.5 Å². The van der Waals surface area contributed by atoms with E-state index < -0.39 is 5.91 Å². The molecule has 1 heterocycles. The monoisotopic (exact) mass is 370 g/mol. The number of rotatable bonds is 10. The lowest BCUT2D eigenvalue weighted by atomic mass is 10.2. The van der Waals surface area contributed by atoms with Crippen molar-refractivity contribution in [3.63, 3.8) is 0 Å². The third-order valence-electron chi connectivity index (χ3n) is 3.02. The predicted molar refractivity (Wildman–Crippen MR) is 92.0 cm³/mol. The predicted octanol–water partition coefficient (Wildman–Crippen LogP) is 1.000. The Hall–Kier alpha value is -1.84. The molecule has 0 radical (unpaired) electrons. The highest BCUT2D eigenvalue weighted by Gasteiger charge is 2.07. The van der Waals surface area contributed by atoms with Crippen LogP contribution >= 0.6 is 23.4 Å². The van der Waals surface area contributed by atoms with Gasteiger partial charge in [-0.1, -0.05) is 23.4 Å². The van der Waals surface area contributed by atoms with Gasteiger partial charge in [-0.2, -0.15) is 0 Å². The van der Waals surface area contributed by atoms with E-state index in [0.717, 1.165) is 29.4 Å². The topological polar surface area (TPSA) is 108 Å². The molecule has 0 aliphatic heterocycles. The normalized spacial score (nSPS) is 10.8. The van der Waals surface area contributed by atoms with Gasteiger partial charge >= 0.3 is 0 Å². The lowest BCUT2D eigenvalue weighted by molar-refractivity contribution is -0.119. The van der Waals surface area contributed by atoms with Gasteiger partial charge in [-0.3, -0.25) is 4.79 Å². The number of nitrogens with two attached hydrogens (primary N) is 1. The third kappa shape index (κ3) is 5.99. The molecule has 0 unspecified atom stereocenters. The van der Waals surface area contributed by atoms with E-state index in [0.29, 0.717) is 17.3 Å². The fraction of sp³-hybridized carbons (Fsp3) is 0.429. The van der Waals surface area contributed by atoms with E-state index in [-0.39, 0.29) is 6.61 Å². The summed E-state index contributed by atoms with van der Waals surface area (Å²) in [4.78, 5) is 10.8. The van der Waals surface area contributed by atoms with Crippen molar-refractivity contribution in [2.24, 2.45) is 12.8 Å². The van der Waals surface area contributed by atoms with Crippen molar-refractivity contribution in [3.05, 3.63) is 28.8 Å². The summed E-state index contributed by atoms with van der Waals surface area (Å²) in [5.41, 5.74) is 5.99. The summed E-state index contributed by atoms with van der Waals surface area (Å²) in [5.74, 6) is 0.992. The van der Waals surface area contributed by atoms with Gasteiger partial charge in [0.15, 0.2) is 6.61 Å². The zero-order valence-electron chi connectivity index (χ0n) is 13.2. The number of nitrogens with zero attached hydrogens (tertiary/aromatic N) is 4. The minimum absolute atomic E-state index is 0.156. The molecule has 0 spiro atoms. The van der Waals surface area contributed by atoms with Crippen molar-refractivity contribution < 1.29 is 9.53 Å². The molecule has 0 bridgehead atoms. The first-order chi connectivity index (χ1) is 11.6. The molecule has 8 nitrogen and oxygen atoms in total. The Labute approximate surface area is 149 Å². The Bertz CT molecular complexity index is 681. The van der Waals surface area contributed by atoms with Crippen LogP contribution in [0.15, 0.2) is 23.4 Å². The molecule has 1 amide bonds.